The van der Waals surface area contributed by atoms with Gasteiger partial charge in [0.1, 0.15) is 11.8 Å². The Bertz CT molecular complexity index is 704. The summed E-state index contributed by atoms with van der Waals surface area (Å²) >= 11 is 5.64. The van der Waals surface area contributed by atoms with Crippen LogP contribution in [0.25, 0.3) is 0 Å². The van der Waals surface area contributed by atoms with Crippen LogP contribution in [0.2, 0.25) is 0 Å². The first-order valence-corrected chi connectivity index (χ1v) is 8.30. The zero-order chi connectivity index (χ0) is 17.1. The number of aliphatic imine (C=N–C) groups is 1. The smallest absolute Gasteiger partial charge is 0.282 e. The van der Waals surface area contributed by atoms with Gasteiger partial charge in [-0.1, -0.05) is 29.3 Å². The fourth-order valence-corrected chi connectivity index (χ4v) is 3.27. The van der Waals surface area contributed by atoms with Gasteiger partial charge in [-0.15, -0.1) is 0 Å². The van der Waals surface area contributed by atoms with Crippen molar-refractivity contribution < 1.29 is 13.0 Å². The van der Waals surface area contributed by atoms with Crippen molar-refractivity contribution in [1.29, 1.82) is 0 Å². The topological polar surface area (TPSA) is 96.0 Å². The van der Waals surface area contributed by atoms with Gasteiger partial charge in [0.15, 0.2) is 0 Å². The molecule has 0 spiro atoms. The van der Waals surface area contributed by atoms with Gasteiger partial charge in [-0.05, 0) is 44.9 Å². The Morgan fingerprint density at radius 2 is 1.73 bits per heavy atom. The molecule has 0 fully saturated rings. The number of allylic oxidation sites excluding steroid dienone is 1. The summed E-state index contributed by atoms with van der Waals surface area (Å²) in [6.07, 6.45) is 1.73. The number of hydrazine groups is 1. The van der Waals surface area contributed by atoms with Crippen molar-refractivity contribution in [3.05, 3.63) is 40.1 Å². The standard InChI is InChI=1S/C9H12O3S.C5H8ClN3/c1-6-4-7(2)9(8(3)5-6)13(10,11)12;1-4-2-5(6)9(7)3-8-4/h4-5H,1-3H3,(H,10,11,12);2H,3,7H2,1H3. The van der Waals surface area contributed by atoms with Crippen molar-refractivity contribution in [2.24, 2.45) is 10.8 Å². The zero-order valence-electron chi connectivity index (χ0n) is 13.0. The highest BCUT2D eigenvalue weighted by Gasteiger charge is 2.15. The van der Waals surface area contributed by atoms with Crippen LogP contribution in [0.4, 0.5) is 0 Å². The fourth-order valence-electron chi connectivity index (χ4n) is 2.13. The Morgan fingerprint density at radius 1 is 1.23 bits per heavy atom. The van der Waals surface area contributed by atoms with Crippen LogP contribution in [0.5, 0.6) is 0 Å². The largest absolute Gasteiger partial charge is 0.295 e. The van der Waals surface area contributed by atoms with E-state index in [1.54, 1.807) is 32.1 Å². The predicted octanol–water partition coefficient (Wildman–Crippen LogP) is 2.53. The van der Waals surface area contributed by atoms with Crippen LogP contribution in [0.15, 0.2) is 33.3 Å². The van der Waals surface area contributed by atoms with Gasteiger partial charge in [0.25, 0.3) is 10.1 Å². The third-order valence-electron chi connectivity index (χ3n) is 2.94. The molecule has 0 saturated carbocycles. The van der Waals surface area contributed by atoms with E-state index < -0.39 is 10.1 Å². The van der Waals surface area contributed by atoms with Crippen LogP contribution in [-0.2, 0) is 10.1 Å². The Balaban J connectivity index is 0.000000235. The number of hydrogen-bond acceptors (Lipinski definition) is 5. The summed E-state index contributed by atoms with van der Waals surface area (Å²) in [5.74, 6) is 5.37. The molecule has 1 aromatic carbocycles. The summed E-state index contributed by atoms with van der Waals surface area (Å²) in [4.78, 5) is 4.04. The number of nitrogens with zero attached hydrogens (tertiary/aromatic N) is 2. The maximum atomic E-state index is 10.9. The highest BCUT2D eigenvalue weighted by molar-refractivity contribution is 7.86. The van der Waals surface area contributed by atoms with Crippen LogP contribution in [0.3, 0.4) is 0 Å². The monoisotopic (exact) mass is 345 g/mol. The number of nitrogens with two attached hydrogens (primary N) is 1. The molecule has 22 heavy (non-hydrogen) atoms. The molecular formula is C14H20ClN3O3S. The molecule has 0 unspecified atom stereocenters. The number of benzene rings is 1. The second kappa shape index (κ2) is 7.23. The van der Waals surface area contributed by atoms with Crippen LogP contribution in [0, 0.1) is 20.8 Å². The van der Waals surface area contributed by atoms with Gasteiger partial charge in [0.05, 0.1) is 4.90 Å². The van der Waals surface area contributed by atoms with Crippen molar-refractivity contribution in [3.8, 4) is 0 Å². The second-order valence-electron chi connectivity index (χ2n) is 5.08. The number of rotatable bonds is 1. The Morgan fingerprint density at radius 3 is 2.09 bits per heavy atom. The molecule has 0 aromatic heterocycles. The summed E-state index contributed by atoms with van der Waals surface area (Å²) in [5.41, 5.74) is 3.07. The lowest BCUT2D eigenvalue weighted by atomic mass is 10.1. The molecule has 1 heterocycles. The third kappa shape index (κ3) is 5.10. The maximum Gasteiger partial charge on any atom is 0.295 e. The average Bonchev–Trinajstić information content (AvgIpc) is 2.31. The molecule has 0 amide bonds. The molecule has 122 valence electrons. The summed E-state index contributed by atoms with van der Waals surface area (Å²) in [7, 11) is -4.08. The molecule has 6 nitrogen and oxygen atoms in total. The maximum absolute atomic E-state index is 10.9. The van der Waals surface area contributed by atoms with Gasteiger partial charge >= 0.3 is 0 Å². The average molecular weight is 346 g/mol. The van der Waals surface area contributed by atoms with E-state index in [-0.39, 0.29) is 4.90 Å². The van der Waals surface area contributed by atoms with Crippen molar-refractivity contribution in [3.63, 3.8) is 0 Å². The third-order valence-corrected chi connectivity index (χ3v) is 4.42. The summed E-state index contributed by atoms with van der Waals surface area (Å²) in [5, 5.41) is 1.93. The first kappa shape index (κ1) is 18.6. The molecule has 0 atom stereocenters. The molecule has 1 aliphatic rings. The second-order valence-corrected chi connectivity index (χ2v) is 6.83. The molecule has 8 heteroatoms. The normalized spacial score (nSPS) is 14.8. The van der Waals surface area contributed by atoms with E-state index >= 15 is 0 Å². The van der Waals surface area contributed by atoms with Crippen molar-refractivity contribution in [2.45, 2.75) is 32.6 Å². The van der Waals surface area contributed by atoms with E-state index in [1.807, 2.05) is 13.8 Å². The van der Waals surface area contributed by atoms with E-state index in [2.05, 4.69) is 4.99 Å². The minimum Gasteiger partial charge on any atom is -0.282 e. The van der Waals surface area contributed by atoms with Gasteiger partial charge in [-0.3, -0.25) is 14.6 Å². The van der Waals surface area contributed by atoms with E-state index in [1.165, 1.54) is 5.01 Å². The summed E-state index contributed by atoms with van der Waals surface area (Å²) < 4.78 is 30.8. The lowest BCUT2D eigenvalue weighted by Gasteiger charge is -2.18. The van der Waals surface area contributed by atoms with E-state index in [0.29, 0.717) is 23.0 Å². The minimum atomic E-state index is -4.08. The Hall–Kier alpha value is -1.41. The lowest BCUT2D eigenvalue weighted by Crippen LogP contribution is -2.31. The van der Waals surface area contributed by atoms with E-state index in [0.717, 1.165) is 11.3 Å². The van der Waals surface area contributed by atoms with Gasteiger partial charge in [-0.25, -0.2) is 5.84 Å². The summed E-state index contributed by atoms with van der Waals surface area (Å²) in [6, 6.07) is 3.46. The van der Waals surface area contributed by atoms with Gasteiger partial charge in [0, 0.05) is 5.71 Å². The van der Waals surface area contributed by atoms with Crippen LogP contribution in [-0.4, -0.2) is 30.4 Å². The molecule has 0 bridgehead atoms. The fraction of sp³-hybridized carbons (Fsp3) is 0.357. The minimum absolute atomic E-state index is 0.0260. The van der Waals surface area contributed by atoms with Crippen molar-refractivity contribution >= 4 is 27.4 Å². The van der Waals surface area contributed by atoms with E-state index in [9.17, 15) is 8.42 Å². The highest BCUT2D eigenvalue weighted by atomic mass is 35.5. The Labute approximate surface area is 136 Å². The number of halogens is 1. The van der Waals surface area contributed by atoms with Gasteiger partial charge < -0.3 is 0 Å². The number of hydrogen-bond donors (Lipinski definition) is 2. The zero-order valence-corrected chi connectivity index (χ0v) is 14.5. The molecular weight excluding hydrogens is 326 g/mol. The van der Waals surface area contributed by atoms with Crippen LogP contribution < -0.4 is 5.84 Å². The molecule has 0 radical (unpaired) electrons. The van der Waals surface area contributed by atoms with Crippen molar-refractivity contribution in [1.82, 2.24) is 5.01 Å². The molecule has 0 saturated heterocycles. The van der Waals surface area contributed by atoms with Crippen LogP contribution in [0.1, 0.15) is 23.6 Å². The van der Waals surface area contributed by atoms with E-state index in [4.69, 9.17) is 22.0 Å². The molecule has 0 aliphatic carbocycles. The highest BCUT2D eigenvalue weighted by Crippen LogP contribution is 2.20. The SMILES string of the molecule is CC1=NCN(N)C(Cl)=C1.Cc1cc(C)c(S(=O)(=O)O)c(C)c1. The quantitative estimate of drug-likeness (QED) is 0.463. The molecule has 1 aliphatic heterocycles. The predicted molar refractivity (Wildman–Crippen MR) is 88.4 cm³/mol. The Kier molecular flexibility index (Phi) is 6.13. The number of aryl methyl sites for hydroxylation is 3. The molecule has 3 N–H and O–H groups in total. The van der Waals surface area contributed by atoms with Gasteiger partial charge in [-0.2, -0.15) is 8.42 Å². The first-order chi connectivity index (χ1) is 10.0. The first-order valence-electron chi connectivity index (χ1n) is 6.48. The summed E-state index contributed by atoms with van der Waals surface area (Å²) in [6.45, 7) is 7.57. The van der Waals surface area contributed by atoms with Gasteiger partial charge in [0.2, 0.25) is 0 Å². The van der Waals surface area contributed by atoms with Crippen molar-refractivity contribution in [2.75, 3.05) is 6.67 Å². The molecule has 2 rings (SSSR count). The van der Waals surface area contributed by atoms with Crippen LogP contribution >= 0.6 is 11.6 Å². The lowest BCUT2D eigenvalue weighted by molar-refractivity contribution is 0.391. The molecule has 1 aromatic rings.